The van der Waals surface area contributed by atoms with E-state index in [2.05, 4.69) is 5.32 Å². The van der Waals surface area contributed by atoms with Gasteiger partial charge in [0.2, 0.25) is 0 Å². The molecule has 3 nitrogen and oxygen atoms in total. The summed E-state index contributed by atoms with van der Waals surface area (Å²) in [4.78, 5) is 12.7. The number of nitrogens with one attached hydrogen (secondary N) is 1. The molecule has 0 saturated carbocycles. The topological polar surface area (TPSA) is 38.3 Å². The first-order valence-electron chi connectivity index (χ1n) is 8.74. The van der Waals surface area contributed by atoms with Crippen LogP contribution in [-0.4, -0.2) is 11.6 Å². The molecule has 0 radical (unpaired) electrons. The van der Waals surface area contributed by atoms with Crippen LogP contribution in [-0.2, 0) is 17.8 Å². The fraction of sp³-hybridized carbons (Fsp3) is 0.174. The average Bonchev–Trinajstić information content (AvgIpc) is 2.69. The lowest BCUT2D eigenvalue weighted by Crippen LogP contribution is -2.49. The van der Waals surface area contributed by atoms with Crippen molar-refractivity contribution < 1.29 is 9.53 Å². The molecule has 0 bridgehead atoms. The van der Waals surface area contributed by atoms with E-state index in [1.165, 1.54) is 0 Å². The Morgan fingerprint density at radius 2 is 1.31 bits per heavy atom. The van der Waals surface area contributed by atoms with Crippen LogP contribution in [0.1, 0.15) is 28.4 Å². The van der Waals surface area contributed by atoms with E-state index in [0.717, 1.165) is 11.1 Å². The van der Waals surface area contributed by atoms with Gasteiger partial charge in [0.25, 0.3) is 5.91 Å². The molecule has 26 heavy (non-hydrogen) atoms. The second-order valence-corrected chi connectivity index (χ2v) is 6.49. The van der Waals surface area contributed by atoms with Gasteiger partial charge in [0.15, 0.2) is 0 Å². The third-order valence-electron chi connectivity index (χ3n) is 4.20. The molecule has 3 heteroatoms. The lowest BCUT2D eigenvalue weighted by atomic mass is 10.0. The summed E-state index contributed by atoms with van der Waals surface area (Å²) in [5, 5.41) is 3.07. The van der Waals surface area contributed by atoms with Crippen molar-refractivity contribution in [3.8, 4) is 0 Å². The number of ether oxygens (including phenoxy) is 1. The van der Waals surface area contributed by atoms with Crippen molar-refractivity contribution in [2.24, 2.45) is 0 Å². The quantitative estimate of drug-likeness (QED) is 0.636. The second-order valence-electron chi connectivity index (χ2n) is 6.49. The van der Waals surface area contributed by atoms with Crippen LogP contribution >= 0.6 is 0 Å². The zero-order valence-corrected chi connectivity index (χ0v) is 14.9. The Bertz CT molecular complexity index is 819. The van der Waals surface area contributed by atoms with Crippen LogP contribution in [0.25, 0.3) is 0 Å². The fourth-order valence-corrected chi connectivity index (χ4v) is 2.84. The molecule has 0 aliphatic carbocycles. The molecule has 0 heterocycles. The third-order valence-corrected chi connectivity index (χ3v) is 4.20. The maximum absolute atomic E-state index is 12.7. The number of hydrogen-bond acceptors (Lipinski definition) is 2. The highest BCUT2D eigenvalue weighted by Gasteiger charge is 2.28. The number of amides is 1. The van der Waals surface area contributed by atoms with Gasteiger partial charge in [-0.05, 0) is 30.2 Å². The summed E-state index contributed by atoms with van der Waals surface area (Å²) in [6.45, 7) is 2.35. The minimum absolute atomic E-state index is 0.142. The SMILES string of the molecule is CC(Cc1ccccc1)(NC(=O)c1ccccc1)OCc1ccccc1. The Morgan fingerprint density at radius 1 is 0.808 bits per heavy atom. The predicted molar refractivity (Wildman–Crippen MR) is 104 cm³/mol. The summed E-state index contributed by atoms with van der Waals surface area (Å²) >= 11 is 0. The zero-order chi connectivity index (χ0) is 18.2. The maximum Gasteiger partial charge on any atom is 0.253 e. The van der Waals surface area contributed by atoms with E-state index in [1.807, 2.05) is 85.8 Å². The van der Waals surface area contributed by atoms with Gasteiger partial charge in [-0.3, -0.25) is 4.79 Å². The Balaban J connectivity index is 1.77. The number of hydrogen-bond donors (Lipinski definition) is 1. The van der Waals surface area contributed by atoms with Gasteiger partial charge < -0.3 is 10.1 Å². The molecule has 1 unspecified atom stereocenters. The van der Waals surface area contributed by atoms with Crippen LogP contribution in [0.5, 0.6) is 0 Å². The summed E-state index contributed by atoms with van der Waals surface area (Å²) in [7, 11) is 0. The van der Waals surface area contributed by atoms with E-state index in [9.17, 15) is 4.79 Å². The normalized spacial score (nSPS) is 13.0. The molecule has 0 aliphatic rings. The van der Waals surface area contributed by atoms with Crippen molar-refractivity contribution >= 4 is 5.91 Å². The molecule has 0 aliphatic heterocycles. The van der Waals surface area contributed by atoms with Gasteiger partial charge >= 0.3 is 0 Å². The van der Waals surface area contributed by atoms with Crippen molar-refractivity contribution in [1.29, 1.82) is 0 Å². The Kier molecular flexibility index (Phi) is 5.82. The van der Waals surface area contributed by atoms with Crippen molar-refractivity contribution in [2.75, 3.05) is 0 Å². The van der Waals surface area contributed by atoms with Gasteiger partial charge in [0.05, 0.1) is 6.61 Å². The van der Waals surface area contributed by atoms with Gasteiger partial charge in [0, 0.05) is 12.0 Å². The predicted octanol–water partition coefficient (Wildman–Crippen LogP) is 4.59. The van der Waals surface area contributed by atoms with E-state index < -0.39 is 5.72 Å². The van der Waals surface area contributed by atoms with Crippen molar-refractivity contribution in [1.82, 2.24) is 5.32 Å². The maximum atomic E-state index is 12.7. The van der Waals surface area contributed by atoms with Gasteiger partial charge in [0.1, 0.15) is 5.72 Å². The molecule has 132 valence electrons. The molecular weight excluding hydrogens is 322 g/mol. The summed E-state index contributed by atoms with van der Waals surface area (Å²) in [5.41, 5.74) is 1.98. The lowest BCUT2D eigenvalue weighted by molar-refractivity contribution is -0.0609. The highest BCUT2D eigenvalue weighted by Crippen LogP contribution is 2.18. The van der Waals surface area contributed by atoms with E-state index in [1.54, 1.807) is 12.1 Å². The fourth-order valence-electron chi connectivity index (χ4n) is 2.84. The van der Waals surface area contributed by atoms with E-state index in [4.69, 9.17) is 4.74 Å². The van der Waals surface area contributed by atoms with Crippen LogP contribution in [0, 0.1) is 0 Å². The van der Waals surface area contributed by atoms with Crippen LogP contribution in [0.15, 0.2) is 91.0 Å². The molecule has 1 atom stereocenters. The first-order chi connectivity index (χ1) is 12.6. The van der Waals surface area contributed by atoms with Gasteiger partial charge in [-0.15, -0.1) is 0 Å². The number of benzene rings is 3. The summed E-state index contributed by atoms with van der Waals surface area (Å²) in [6.07, 6.45) is 0.583. The van der Waals surface area contributed by atoms with Gasteiger partial charge in [-0.1, -0.05) is 78.9 Å². The molecule has 0 fully saturated rings. The molecule has 0 saturated heterocycles. The summed E-state index contributed by atoms with van der Waals surface area (Å²) in [6, 6.07) is 29.2. The van der Waals surface area contributed by atoms with Gasteiger partial charge in [-0.25, -0.2) is 0 Å². The van der Waals surface area contributed by atoms with Gasteiger partial charge in [-0.2, -0.15) is 0 Å². The first kappa shape index (κ1) is 17.9. The molecule has 1 N–H and O–H groups in total. The summed E-state index contributed by atoms with van der Waals surface area (Å²) in [5.74, 6) is -0.142. The highest BCUT2D eigenvalue weighted by molar-refractivity contribution is 5.94. The first-order valence-corrected chi connectivity index (χ1v) is 8.74. The molecular formula is C23H23NO2. The van der Waals surface area contributed by atoms with E-state index in [0.29, 0.717) is 18.6 Å². The Morgan fingerprint density at radius 3 is 1.88 bits per heavy atom. The smallest absolute Gasteiger partial charge is 0.253 e. The van der Waals surface area contributed by atoms with E-state index in [-0.39, 0.29) is 5.91 Å². The number of carbonyl (C=O) groups excluding carboxylic acids is 1. The minimum Gasteiger partial charge on any atom is -0.351 e. The molecule has 1 amide bonds. The molecule has 0 aromatic heterocycles. The second kappa shape index (κ2) is 8.45. The minimum atomic E-state index is -0.815. The van der Waals surface area contributed by atoms with Crippen LogP contribution in [0.2, 0.25) is 0 Å². The van der Waals surface area contributed by atoms with Crippen LogP contribution in [0.4, 0.5) is 0 Å². The zero-order valence-electron chi connectivity index (χ0n) is 14.9. The number of rotatable bonds is 7. The standard InChI is InChI=1S/C23H23NO2/c1-23(17-19-11-5-2-6-12-19,26-18-20-13-7-3-8-14-20)24-22(25)21-15-9-4-10-16-21/h2-16H,17-18H2,1H3,(H,24,25). The largest absolute Gasteiger partial charge is 0.351 e. The lowest BCUT2D eigenvalue weighted by Gasteiger charge is -2.31. The van der Waals surface area contributed by atoms with Crippen molar-refractivity contribution in [3.63, 3.8) is 0 Å². The van der Waals surface area contributed by atoms with Crippen LogP contribution in [0.3, 0.4) is 0 Å². The third kappa shape index (κ3) is 5.04. The molecule has 0 spiro atoms. The van der Waals surface area contributed by atoms with Crippen molar-refractivity contribution in [3.05, 3.63) is 108 Å². The van der Waals surface area contributed by atoms with Crippen LogP contribution < -0.4 is 5.32 Å². The molecule has 3 aromatic rings. The molecule has 3 rings (SSSR count). The highest BCUT2D eigenvalue weighted by atomic mass is 16.5. The Labute approximate surface area is 154 Å². The monoisotopic (exact) mass is 345 g/mol. The number of carbonyl (C=O) groups is 1. The Hall–Kier alpha value is -2.91. The average molecular weight is 345 g/mol. The van der Waals surface area contributed by atoms with E-state index >= 15 is 0 Å². The van der Waals surface area contributed by atoms with Crippen molar-refractivity contribution in [2.45, 2.75) is 25.7 Å². The summed E-state index contributed by atoms with van der Waals surface area (Å²) < 4.78 is 6.18. The molecule has 3 aromatic carbocycles.